The molecule has 0 amide bonds. The van der Waals surface area contributed by atoms with Crippen molar-refractivity contribution in [2.24, 2.45) is 0 Å². The second-order valence-corrected chi connectivity index (χ2v) is 1.25. The largest absolute Gasteiger partial charge is 0.316 e. The number of hydrogen-bond acceptors (Lipinski definition) is 1. The molecule has 40 valence electrons. The van der Waals surface area contributed by atoms with E-state index in [1.807, 2.05) is 13.8 Å². The summed E-state index contributed by atoms with van der Waals surface area (Å²) in [6, 6.07) is 0. The summed E-state index contributed by atoms with van der Waals surface area (Å²) in [5, 5.41) is 0. The second-order valence-electron chi connectivity index (χ2n) is 1.25. The first kappa shape index (κ1) is 10.4. The molecule has 0 aromatic rings. The van der Waals surface area contributed by atoms with Gasteiger partial charge < -0.3 is 0 Å². The number of carbonyl (C=O) groups excluding carboxylic acids is 1. The molecule has 0 aliphatic rings. The molecule has 0 bridgehead atoms. The highest BCUT2D eigenvalue weighted by Gasteiger charge is 1.86. The Labute approximate surface area is 60.6 Å². The SMILES string of the molecule is CCC(=O)CC.[MgH2]. The Morgan fingerprint density at radius 1 is 1.29 bits per heavy atom. The fraction of sp³-hybridized carbons (Fsp3) is 0.800. The molecule has 0 saturated heterocycles. The van der Waals surface area contributed by atoms with Gasteiger partial charge in [-0.3, -0.25) is 4.79 Å². The molecule has 0 atom stereocenters. The van der Waals surface area contributed by atoms with Gasteiger partial charge in [-0.05, 0) is 0 Å². The average molecular weight is 112 g/mol. The van der Waals surface area contributed by atoms with Crippen molar-refractivity contribution in [3.63, 3.8) is 0 Å². The molecule has 0 N–H and O–H groups in total. The summed E-state index contributed by atoms with van der Waals surface area (Å²) in [5.41, 5.74) is 0. The van der Waals surface area contributed by atoms with Crippen LogP contribution in [0, 0.1) is 0 Å². The zero-order valence-electron chi connectivity index (χ0n) is 4.32. The van der Waals surface area contributed by atoms with Crippen molar-refractivity contribution in [1.29, 1.82) is 0 Å². The zero-order chi connectivity index (χ0) is 4.99. The van der Waals surface area contributed by atoms with Crippen LogP contribution >= 0.6 is 0 Å². The van der Waals surface area contributed by atoms with E-state index >= 15 is 0 Å². The molecule has 7 heavy (non-hydrogen) atoms. The lowest BCUT2D eigenvalue weighted by molar-refractivity contribution is -0.118. The summed E-state index contributed by atoms with van der Waals surface area (Å²) < 4.78 is 0. The number of carbonyl (C=O) groups is 1. The van der Waals surface area contributed by atoms with Crippen LogP contribution in [-0.4, -0.2) is 28.8 Å². The van der Waals surface area contributed by atoms with Gasteiger partial charge >= 0.3 is 23.1 Å². The minimum absolute atomic E-state index is 0. The van der Waals surface area contributed by atoms with Crippen LogP contribution in [0.15, 0.2) is 0 Å². The summed E-state index contributed by atoms with van der Waals surface area (Å²) >= 11 is 0. The van der Waals surface area contributed by atoms with Gasteiger partial charge in [0.2, 0.25) is 0 Å². The predicted octanol–water partition coefficient (Wildman–Crippen LogP) is 0.459. The van der Waals surface area contributed by atoms with Crippen LogP contribution in [0.3, 0.4) is 0 Å². The normalized spacial score (nSPS) is 7.14. The van der Waals surface area contributed by atoms with E-state index in [2.05, 4.69) is 0 Å². The van der Waals surface area contributed by atoms with Crippen molar-refractivity contribution in [3.05, 3.63) is 0 Å². The highest BCUT2D eigenvalue weighted by atomic mass is 24.3. The van der Waals surface area contributed by atoms with E-state index in [4.69, 9.17) is 0 Å². The Balaban J connectivity index is 0. The summed E-state index contributed by atoms with van der Waals surface area (Å²) in [4.78, 5) is 10.2. The van der Waals surface area contributed by atoms with Gasteiger partial charge in [-0.25, -0.2) is 0 Å². The van der Waals surface area contributed by atoms with Gasteiger partial charge in [0.15, 0.2) is 0 Å². The van der Waals surface area contributed by atoms with Crippen LogP contribution in [0.4, 0.5) is 0 Å². The van der Waals surface area contributed by atoms with E-state index < -0.39 is 0 Å². The first-order valence-corrected chi connectivity index (χ1v) is 2.33. The molecule has 0 rings (SSSR count). The molecule has 0 unspecified atom stereocenters. The molecular weight excluding hydrogens is 100 g/mol. The third-order valence-corrected chi connectivity index (χ3v) is 0.789. The van der Waals surface area contributed by atoms with Crippen LogP contribution in [0.5, 0.6) is 0 Å². The smallest absolute Gasteiger partial charge is 0.300 e. The van der Waals surface area contributed by atoms with Gasteiger partial charge in [-0.15, -0.1) is 0 Å². The average Bonchev–Trinajstić information content (AvgIpc) is 1.65. The Morgan fingerprint density at radius 2 is 1.57 bits per heavy atom. The first-order chi connectivity index (χ1) is 2.81. The van der Waals surface area contributed by atoms with Crippen molar-refractivity contribution < 1.29 is 4.79 Å². The van der Waals surface area contributed by atoms with E-state index in [9.17, 15) is 4.79 Å². The van der Waals surface area contributed by atoms with Gasteiger partial charge in [0, 0.05) is 12.8 Å². The van der Waals surface area contributed by atoms with Crippen LogP contribution in [-0.2, 0) is 4.79 Å². The highest BCUT2D eigenvalue weighted by molar-refractivity contribution is 5.77. The van der Waals surface area contributed by atoms with Crippen LogP contribution in [0.2, 0.25) is 0 Å². The Kier molecular flexibility index (Phi) is 9.58. The summed E-state index contributed by atoms with van der Waals surface area (Å²) in [6.45, 7) is 3.76. The van der Waals surface area contributed by atoms with Gasteiger partial charge in [-0.2, -0.15) is 0 Å². The second kappa shape index (κ2) is 6.44. The van der Waals surface area contributed by atoms with Crippen molar-refractivity contribution in [2.75, 3.05) is 0 Å². The summed E-state index contributed by atoms with van der Waals surface area (Å²) in [7, 11) is 0. The molecule has 0 heterocycles. The topological polar surface area (TPSA) is 17.1 Å². The fourth-order valence-corrected chi connectivity index (χ4v) is 0.250. The fourth-order valence-electron chi connectivity index (χ4n) is 0.250. The minimum atomic E-state index is 0. The van der Waals surface area contributed by atoms with Gasteiger partial charge in [0.25, 0.3) is 0 Å². The molecule has 0 aliphatic heterocycles. The first-order valence-electron chi connectivity index (χ1n) is 2.33. The highest BCUT2D eigenvalue weighted by Crippen LogP contribution is 1.82. The van der Waals surface area contributed by atoms with E-state index in [1.165, 1.54) is 0 Å². The molecule has 0 aromatic carbocycles. The maximum Gasteiger partial charge on any atom is 0.316 e. The number of hydrogen-bond donors (Lipinski definition) is 0. The monoisotopic (exact) mass is 112 g/mol. The zero-order valence-corrected chi connectivity index (χ0v) is 4.32. The van der Waals surface area contributed by atoms with Gasteiger partial charge in [0.05, 0.1) is 0 Å². The standard InChI is InChI=1S/C5H10O.Mg.2H/c1-3-5(6)4-2;;;/h3-4H2,1-2H3;;;. The summed E-state index contributed by atoms with van der Waals surface area (Å²) in [5.74, 6) is 0.343. The number of ketones is 1. The van der Waals surface area contributed by atoms with Crippen LogP contribution in [0.1, 0.15) is 26.7 Å². The van der Waals surface area contributed by atoms with Crippen molar-refractivity contribution in [3.8, 4) is 0 Å². The number of rotatable bonds is 2. The minimum Gasteiger partial charge on any atom is -0.300 e. The molecule has 0 aliphatic carbocycles. The van der Waals surface area contributed by atoms with Crippen LogP contribution < -0.4 is 0 Å². The molecule has 0 spiro atoms. The molecule has 0 aromatic heterocycles. The van der Waals surface area contributed by atoms with E-state index in [1.54, 1.807) is 0 Å². The summed E-state index contributed by atoms with van der Waals surface area (Å²) in [6.07, 6.45) is 1.38. The lowest BCUT2D eigenvalue weighted by Gasteiger charge is -1.81. The lowest BCUT2D eigenvalue weighted by Crippen LogP contribution is -1.88. The molecule has 0 saturated carbocycles. The lowest BCUT2D eigenvalue weighted by atomic mass is 10.3. The Morgan fingerprint density at radius 3 is 1.57 bits per heavy atom. The van der Waals surface area contributed by atoms with E-state index in [0.29, 0.717) is 18.6 Å². The predicted molar refractivity (Wildman–Crippen MR) is 34.1 cm³/mol. The van der Waals surface area contributed by atoms with E-state index in [0.717, 1.165) is 0 Å². The quantitative estimate of drug-likeness (QED) is 0.475. The molecule has 0 fully saturated rings. The third kappa shape index (κ3) is 6.44. The van der Waals surface area contributed by atoms with Gasteiger partial charge in [0.1, 0.15) is 5.78 Å². The molecule has 0 radical (unpaired) electrons. The number of Topliss-reactive ketones (excluding diaryl/α,β-unsaturated/α-hetero) is 1. The molecular formula is C5H12MgO. The van der Waals surface area contributed by atoms with Crippen molar-refractivity contribution in [2.45, 2.75) is 26.7 Å². The maximum atomic E-state index is 10.2. The third-order valence-electron chi connectivity index (χ3n) is 0.789. The van der Waals surface area contributed by atoms with Crippen molar-refractivity contribution in [1.82, 2.24) is 0 Å². The van der Waals surface area contributed by atoms with Crippen LogP contribution in [0.25, 0.3) is 0 Å². The van der Waals surface area contributed by atoms with E-state index in [-0.39, 0.29) is 23.1 Å². The Hall–Kier alpha value is 0.436. The molecule has 2 heteroatoms. The Bertz CT molecular complexity index is 46.0. The van der Waals surface area contributed by atoms with Gasteiger partial charge in [-0.1, -0.05) is 13.8 Å². The van der Waals surface area contributed by atoms with Crippen molar-refractivity contribution >= 4 is 28.8 Å². The molecule has 1 nitrogen and oxygen atoms in total. The maximum absolute atomic E-state index is 10.2.